The minimum absolute atomic E-state index is 0.517. The van der Waals surface area contributed by atoms with E-state index in [4.69, 9.17) is 0 Å². The molecule has 0 amide bonds. The summed E-state index contributed by atoms with van der Waals surface area (Å²) >= 11 is 0. The van der Waals surface area contributed by atoms with Crippen molar-refractivity contribution in [1.29, 1.82) is 0 Å². The smallest absolute Gasteiger partial charge is 0.133 e. The van der Waals surface area contributed by atoms with Crippen molar-refractivity contribution in [2.24, 2.45) is 0 Å². The maximum absolute atomic E-state index is 9.94. The number of hydrogen-bond acceptors (Lipinski definition) is 3. The molecule has 3 aliphatic rings. The van der Waals surface area contributed by atoms with Gasteiger partial charge in [0.05, 0.1) is 11.7 Å². The summed E-state index contributed by atoms with van der Waals surface area (Å²) in [5.74, 6) is 1.45. The van der Waals surface area contributed by atoms with E-state index in [2.05, 4.69) is 9.97 Å². The predicted octanol–water partition coefficient (Wildman–Crippen LogP) is 3.04. The molecule has 1 aromatic rings. The number of hydrogen-bond donors (Lipinski definition) is 1. The fourth-order valence-corrected chi connectivity index (χ4v) is 2.57. The zero-order valence-electron chi connectivity index (χ0n) is 9.87. The van der Waals surface area contributed by atoms with Crippen molar-refractivity contribution in [3.63, 3.8) is 0 Å². The molecule has 18 heavy (non-hydrogen) atoms. The number of para-hydroxylation sites is 1. The van der Waals surface area contributed by atoms with E-state index in [0.29, 0.717) is 5.92 Å². The highest BCUT2D eigenvalue weighted by Crippen LogP contribution is 2.38. The molecule has 1 saturated carbocycles. The van der Waals surface area contributed by atoms with Gasteiger partial charge in [-0.05, 0) is 18.9 Å². The monoisotopic (exact) mass is 239 g/mol. The molecule has 0 aromatic heterocycles. The number of nitrogens with zero attached hydrogens (tertiary/aromatic N) is 3. The Labute approximate surface area is 104 Å². The highest BCUT2D eigenvalue weighted by Gasteiger charge is 2.26. The van der Waals surface area contributed by atoms with E-state index in [0.717, 1.165) is 32.8 Å². The fourth-order valence-electron chi connectivity index (χ4n) is 2.57. The first-order valence-electron chi connectivity index (χ1n) is 6.30. The first kappa shape index (κ1) is 9.88. The Morgan fingerprint density at radius 2 is 2.00 bits per heavy atom. The summed E-state index contributed by atoms with van der Waals surface area (Å²) in [6.45, 7) is 0. The van der Waals surface area contributed by atoms with Crippen LogP contribution in [0.5, 0.6) is 0 Å². The van der Waals surface area contributed by atoms with E-state index in [1.54, 1.807) is 6.20 Å². The van der Waals surface area contributed by atoms with E-state index in [9.17, 15) is 5.21 Å². The number of benzene rings is 1. The Morgan fingerprint density at radius 3 is 2.78 bits per heavy atom. The molecule has 1 N–H and O–H groups in total. The second-order valence-corrected chi connectivity index (χ2v) is 4.93. The van der Waals surface area contributed by atoms with Gasteiger partial charge in [0, 0.05) is 11.3 Å². The third-order valence-electron chi connectivity index (χ3n) is 3.82. The lowest BCUT2D eigenvalue weighted by Gasteiger charge is -2.21. The maximum atomic E-state index is 9.94. The van der Waals surface area contributed by atoms with Crippen LogP contribution in [0, 0.1) is 0 Å². The second-order valence-electron chi connectivity index (χ2n) is 4.93. The molecule has 2 aliphatic heterocycles. The van der Waals surface area contributed by atoms with Crippen LogP contribution < -0.4 is 0 Å². The van der Waals surface area contributed by atoms with Crippen LogP contribution in [0.2, 0.25) is 0 Å². The van der Waals surface area contributed by atoms with Gasteiger partial charge in [-0.3, -0.25) is 0 Å². The van der Waals surface area contributed by atoms with E-state index in [-0.39, 0.29) is 0 Å². The van der Waals surface area contributed by atoms with Crippen molar-refractivity contribution in [3.8, 4) is 11.4 Å². The van der Waals surface area contributed by atoms with Crippen LogP contribution in [0.1, 0.15) is 31.0 Å². The maximum Gasteiger partial charge on any atom is 0.133 e. The number of aromatic nitrogens is 3. The molecule has 4 nitrogen and oxygen atoms in total. The average molecular weight is 239 g/mol. The minimum atomic E-state index is 0.517. The third-order valence-corrected chi connectivity index (χ3v) is 3.82. The summed E-state index contributed by atoms with van der Waals surface area (Å²) in [5.41, 5.74) is 2.45. The van der Waals surface area contributed by atoms with Gasteiger partial charge in [0.15, 0.2) is 0 Å². The van der Waals surface area contributed by atoms with E-state index >= 15 is 0 Å². The minimum Gasteiger partial charge on any atom is -0.428 e. The summed E-state index contributed by atoms with van der Waals surface area (Å²) in [5, 5.41) is 10.9. The van der Waals surface area contributed by atoms with E-state index in [1.165, 1.54) is 19.3 Å². The summed E-state index contributed by atoms with van der Waals surface area (Å²) in [6, 6.07) is 7.72. The molecular formula is C14H13N3O. The standard InChI is InChI=1S/C14H13N3O/c18-17-8-11-13(10-6-1-2-7-12(10)17)16-14(15-11)9-4-3-5-9/h1-2,6-9,18H,3-5H2. The van der Waals surface area contributed by atoms with E-state index < -0.39 is 0 Å². The van der Waals surface area contributed by atoms with Crippen molar-refractivity contribution in [2.45, 2.75) is 25.2 Å². The van der Waals surface area contributed by atoms with Gasteiger partial charge < -0.3 is 5.21 Å². The molecule has 1 aliphatic carbocycles. The lowest BCUT2D eigenvalue weighted by atomic mass is 9.85. The van der Waals surface area contributed by atoms with Crippen molar-refractivity contribution in [2.75, 3.05) is 0 Å². The highest BCUT2D eigenvalue weighted by atomic mass is 16.5. The second kappa shape index (κ2) is 3.45. The first-order valence-corrected chi connectivity index (χ1v) is 6.30. The molecule has 0 bridgehead atoms. The third kappa shape index (κ3) is 1.26. The molecule has 90 valence electrons. The molecule has 0 atom stereocenters. The van der Waals surface area contributed by atoms with Crippen molar-refractivity contribution in [3.05, 3.63) is 36.3 Å². The molecule has 0 radical (unpaired) electrons. The van der Waals surface area contributed by atoms with Crippen LogP contribution >= 0.6 is 0 Å². The number of imidazole rings is 1. The van der Waals surface area contributed by atoms with Gasteiger partial charge in [-0.2, -0.15) is 4.73 Å². The molecule has 0 spiro atoms. The zero-order chi connectivity index (χ0) is 12.1. The van der Waals surface area contributed by atoms with Crippen LogP contribution in [0.3, 0.4) is 0 Å². The van der Waals surface area contributed by atoms with Crippen molar-refractivity contribution < 1.29 is 5.21 Å². The molecule has 4 rings (SSSR count). The van der Waals surface area contributed by atoms with Gasteiger partial charge in [0.25, 0.3) is 0 Å². The lowest BCUT2D eigenvalue weighted by Crippen LogP contribution is -2.09. The van der Waals surface area contributed by atoms with Gasteiger partial charge in [0.1, 0.15) is 17.2 Å². The summed E-state index contributed by atoms with van der Waals surface area (Å²) in [7, 11) is 0. The summed E-state index contributed by atoms with van der Waals surface area (Å²) in [4.78, 5) is 9.22. The normalized spacial score (nSPS) is 16.2. The SMILES string of the molecule is On1cc2nc(C3CCC3)nc-2c2ccccc21. The van der Waals surface area contributed by atoms with Crippen LogP contribution in [0.4, 0.5) is 0 Å². The van der Waals surface area contributed by atoms with Crippen LogP contribution in [0.15, 0.2) is 30.5 Å². The molecule has 1 fully saturated rings. The van der Waals surface area contributed by atoms with Gasteiger partial charge in [-0.25, -0.2) is 9.97 Å². The van der Waals surface area contributed by atoms with Gasteiger partial charge in [-0.1, -0.05) is 24.6 Å². The molecule has 0 unspecified atom stereocenters. The molecule has 0 saturated heterocycles. The largest absolute Gasteiger partial charge is 0.428 e. The molecular weight excluding hydrogens is 226 g/mol. The van der Waals surface area contributed by atoms with Crippen LogP contribution in [-0.2, 0) is 0 Å². The Balaban J connectivity index is 2.02. The number of rotatable bonds is 1. The van der Waals surface area contributed by atoms with Crippen molar-refractivity contribution in [1.82, 2.24) is 14.7 Å². The van der Waals surface area contributed by atoms with E-state index in [1.807, 2.05) is 24.3 Å². The Kier molecular flexibility index (Phi) is 1.89. The number of fused-ring (bicyclic) bond motifs is 3. The first-order chi connectivity index (χ1) is 8.83. The number of pyridine rings is 1. The summed E-state index contributed by atoms with van der Waals surface area (Å²) < 4.78 is 1.14. The zero-order valence-corrected chi connectivity index (χ0v) is 9.87. The Bertz CT molecular complexity index is 700. The van der Waals surface area contributed by atoms with Crippen molar-refractivity contribution >= 4 is 10.9 Å². The predicted molar refractivity (Wildman–Crippen MR) is 67.9 cm³/mol. The molecule has 2 heterocycles. The Morgan fingerprint density at radius 1 is 1.17 bits per heavy atom. The highest BCUT2D eigenvalue weighted by molar-refractivity contribution is 5.92. The van der Waals surface area contributed by atoms with Crippen LogP contribution in [-0.4, -0.2) is 19.9 Å². The Hall–Kier alpha value is -2.10. The average Bonchev–Trinajstić information content (AvgIpc) is 2.70. The summed E-state index contributed by atoms with van der Waals surface area (Å²) in [6.07, 6.45) is 5.30. The van der Waals surface area contributed by atoms with Gasteiger partial charge in [0.2, 0.25) is 0 Å². The molecule has 1 aromatic carbocycles. The van der Waals surface area contributed by atoms with Crippen LogP contribution in [0.25, 0.3) is 22.3 Å². The molecule has 4 heteroatoms. The quantitative estimate of drug-likeness (QED) is 0.664. The van der Waals surface area contributed by atoms with Gasteiger partial charge in [-0.15, -0.1) is 0 Å². The van der Waals surface area contributed by atoms with Gasteiger partial charge >= 0.3 is 0 Å². The fraction of sp³-hybridized carbons (Fsp3) is 0.286. The lowest BCUT2D eigenvalue weighted by molar-refractivity contribution is 0.198. The topological polar surface area (TPSA) is 50.9 Å².